The fraction of sp³-hybridized carbons (Fsp3) is 0.360. The summed E-state index contributed by atoms with van der Waals surface area (Å²) in [5, 5.41) is 8.65. The molecular formula is C25H28N4O4. The molecule has 172 valence electrons. The Kier molecular flexibility index (Phi) is 6.72. The lowest BCUT2D eigenvalue weighted by Gasteiger charge is -2.32. The number of nitrogens with one attached hydrogen (secondary N) is 1. The molecule has 2 heterocycles. The molecule has 8 heteroatoms. The highest BCUT2D eigenvalue weighted by Crippen LogP contribution is 2.26. The van der Waals surface area contributed by atoms with Crippen LogP contribution in [0.5, 0.6) is 0 Å². The van der Waals surface area contributed by atoms with E-state index >= 15 is 0 Å². The number of carbonyl (C=O) groups is 2. The SMILES string of the molecule is CCOC(=O)c1ccccc1NC(=O)Cn1nc(N2CCC[C@@H](C)C2)c2ccccc2c1=O. The van der Waals surface area contributed by atoms with E-state index in [0.29, 0.717) is 17.0 Å². The van der Waals surface area contributed by atoms with Gasteiger partial charge in [-0.3, -0.25) is 9.59 Å². The van der Waals surface area contributed by atoms with Crippen molar-refractivity contribution in [2.75, 3.05) is 29.9 Å². The number of amides is 1. The largest absolute Gasteiger partial charge is 0.462 e. The molecule has 0 spiro atoms. The van der Waals surface area contributed by atoms with Crippen molar-refractivity contribution in [2.24, 2.45) is 5.92 Å². The van der Waals surface area contributed by atoms with Gasteiger partial charge in [0.2, 0.25) is 5.91 Å². The van der Waals surface area contributed by atoms with E-state index < -0.39 is 11.9 Å². The van der Waals surface area contributed by atoms with Crippen LogP contribution in [0.15, 0.2) is 53.3 Å². The van der Waals surface area contributed by atoms with Crippen molar-refractivity contribution in [3.05, 3.63) is 64.4 Å². The Morgan fingerprint density at radius 1 is 1.12 bits per heavy atom. The standard InChI is InChI=1S/C25H28N4O4/c1-3-33-25(32)20-12-6-7-13-21(20)26-22(30)16-29-24(31)19-11-5-4-10-18(19)23(27-29)28-14-8-9-17(2)15-28/h4-7,10-13,17H,3,8-9,14-16H2,1-2H3,(H,26,30)/t17-/m1/s1. The van der Waals surface area contributed by atoms with Crippen LogP contribution < -0.4 is 15.8 Å². The molecule has 1 fully saturated rings. The average Bonchev–Trinajstić information content (AvgIpc) is 2.81. The highest BCUT2D eigenvalue weighted by atomic mass is 16.5. The number of para-hydroxylation sites is 1. The van der Waals surface area contributed by atoms with E-state index in [9.17, 15) is 14.4 Å². The van der Waals surface area contributed by atoms with Gasteiger partial charge in [0.15, 0.2) is 5.82 Å². The number of nitrogens with zero attached hydrogens (tertiary/aromatic N) is 3. The summed E-state index contributed by atoms with van der Waals surface area (Å²) in [5.74, 6) is 0.282. The first-order chi connectivity index (χ1) is 16.0. The number of ether oxygens (including phenoxy) is 1. The topological polar surface area (TPSA) is 93.5 Å². The van der Waals surface area contributed by atoms with E-state index in [1.807, 2.05) is 18.2 Å². The molecule has 8 nitrogen and oxygen atoms in total. The number of carbonyl (C=O) groups excluding carboxylic acids is 2. The van der Waals surface area contributed by atoms with Gasteiger partial charge in [-0.2, -0.15) is 5.10 Å². The van der Waals surface area contributed by atoms with E-state index in [1.54, 1.807) is 37.3 Å². The normalized spacial score (nSPS) is 15.9. The first-order valence-electron chi connectivity index (χ1n) is 11.3. The second-order valence-electron chi connectivity index (χ2n) is 8.34. The van der Waals surface area contributed by atoms with E-state index in [4.69, 9.17) is 4.74 Å². The number of esters is 1. The van der Waals surface area contributed by atoms with Crippen molar-refractivity contribution >= 4 is 34.2 Å². The summed E-state index contributed by atoms with van der Waals surface area (Å²) in [7, 11) is 0. The lowest BCUT2D eigenvalue weighted by Crippen LogP contribution is -2.38. The summed E-state index contributed by atoms with van der Waals surface area (Å²) in [6, 6.07) is 14.0. The monoisotopic (exact) mass is 448 g/mol. The molecule has 1 aromatic heterocycles. The van der Waals surface area contributed by atoms with Crippen molar-refractivity contribution < 1.29 is 14.3 Å². The number of aromatic nitrogens is 2. The van der Waals surface area contributed by atoms with Crippen molar-refractivity contribution in [3.8, 4) is 0 Å². The molecule has 1 amide bonds. The molecule has 0 unspecified atom stereocenters. The summed E-state index contributed by atoms with van der Waals surface area (Å²) in [6.07, 6.45) is 2.22. The summed E-state index contributed by atoms with van der Waals surface area (Å²) >= 11 is 0. The van der Waals surface area contributed by atoms with Crippen LogP contribution in [0.4, 0.5) is 11.5 Å². The molecule has 1 aliphatic rings. The lowest BCUT2D eigenvalue weighted by molar-refractivity contribution is -0.117. The number of benzene rings is 2. The van der Waals surface area contributed by atoms with Crippen LogP contribution in [0.25, 0.3) is 10.8 Å². The highest BCUT2D eigenvalue weighted by molar-refractivity contribution is 6.01. The number of rotatable bonds is 6. The molecule has 3 aromatic rings. The van der Waals surface area contributed by atoms with E-state index in [2.05, 4.69) is 22.2 Å². The number of piperidine rings is 1. The average molecular weight is 449 g/mol. The van der Waals surface area contributed by atoms with Gasteiger partial charge in [-0.1, -0.05) is 37.3 Å². The summed E-state index contributed by atoms with van der Waals surface area (Å²) in [5.41, 5.74) is 0.266. The fourth-order valence-electron chi connectivity index (χ4n) is 4.24. The minimum absolute atomic E-state index is 0.232. The Hall–Kier alpha value is -3.68. The van der Waals surface area contributed by atoms with E-state index in [-0.39, 0.29) is 24.3 Å². The Labute approximate surface area is 192 Å². The van der Waals surface area contributed by atoms with Crippen molar-refractivity contribution in [1.82, 2.24) is 9.78 Å². The smallest absolute Gasteiger partial charge is 0.340 e. The number of fused-ring (bicyclic) bond motifs is 1. The van der Waals surface area contributed by atoms with Gasteiger partial charge < -0.3 is 15.0 Å². The van der Waals surface area contributed by atoms with Gasteiger partial charge in [-0.05, 0) is 43.9 Å². The van der Waals surface area contributed by atoms with Gasteiger partial charge in [0, 0.05) is 18.5 Å². The van der Waals surface area contributed by atoms with Gasteiger partial charge >= 0.3 is 5.97 Å². The maximum atomic E-state index is 13.1. The van der Waals surface area contributed by atoms with Crippen LogP contribution in [0.3, 0.4) is 0 Å². The Morgan fingerprint density at radius 3 is 2.61 bits per heavy atom. The third kappa shape index (κ3) is 4.89. The first kappa shape index (κ1) is 22.5. The quantitative estimate of drug-likeness (QED) is 0.581. The van der Waals surface area contributed by atoms with Gasteiger partial charge in [0.05, 0.1) is 23.2 Å². The number of anilines is 2. The van der Waals surface area contributed by atoms with E-state index in [0.717, 1.165) is 37.1 Å². The van der Waals surface area contributed by atoms with Crippen LogP contribution in [-0.4, -0.2) is 41.4 Å². The zero-order valence-corrected chi connectivity index (χ0v) is 18.9. The third-order valence-electron chi connectivity index (χ3n) is 5.79. The summed E-state index contributed by atoms with van der Waals surface area (Å²) < 4.78 is 6.27. The third-order valence-corrected chi connectivity index (χ3v) is 5.79. The Morgan fingerprint density at radius 2 is 1.85 bits per heavy atom. The van der Waals surface area contributed by atoms with Gasteiger partial charge in [-0.25, -0.2) is 9.48 Å². The van der Waals surface area contributed by atoms with Crippen LogP contribution in [-0.2, 0) is 16.1 Å². The number of hydrogen-bond donors (Lipinski definition) is 1. The molecule has 1 N–H and O–H groups in total. The summed E-state index contributed by atoms with van der Waals surface area (Å²) in [4.78, 5) is 40.4. The van der Waals surface area contributed by atoms with Crippen molar-refractivity contribution in [2.45, 2.75) is 33.2 Å². The lowest BCUT2D eigenvalue weighted by atomic mass is 10.00. The predicted molar refractivity (Wildman–Crippen MR) is 128 cm³/mol. The molecular weight excluding hydrogens is 420 g/mol. The molecule has 2 aromatic carbocycles. The second kappa shape index (κ2) is 9.85. The van der Waals surface area contributed by atoms with Crippen molar-refractivity contribution in [1.29, 1.82) is 0 Å². The molecule has 0 aliphatic carbocycles. The molecule has 1 atom stereocenters. The van der Waals surface area contributed by atoms with Crippen LogP contribution in [0.2, 0.25) is 0 Å². The molecule has 33 heavy (non-hydrogen) atoms. The zero-order chi connectivity index (χ0) is 23.4. The maximum Gasteiger partial charge on any atom is 0.340 e. The van der Waals surface area contributed by atoms with Gasteiger partial charge in [-0.15, -0.1) is 0 Å². The van der Waals surface area contributed by atoms with E-state index in [1.165, 1.54) is 4.68 Å². The maximum absolute atomic E-state index is 13.1. The second-order valence-corrected chi connectivity index (χ2v) is 8.34. The van der Waals surface area contributed by atoms with Crippen LogP contribution >= 0.6 is 0 Å². The minimum Gasteiger partial charge on any atom is -0.462 e. The van der Waals surface area contributed by atoms with Crippen LogP contribution in [0, 0.1) is 5.92 Å². The Balaban J connectivity index is 1.64. The summed E-state index contributed by atoms with van der Waals surface area (Å²) in [6.45, 7) is 5.61. The highest BCUT2D eigenvalue weighted by Gasteiger charge is 2.22. The van der Waals surface area contributed by atoms with Crippen molar-refractivity contribution in [3.63, 3.8) is 0 Å². The number of hydrogen-bond acceptors (Lipinski definition) is 6. The molecule has 1 saturated heterocycles. The van der Waals surface area contributed by atoms with Gasteiger partial charge in [0.1, 0.15) is 6.54 Å². The minimum atomic E-state index is -0.518. The molecule has 0 radical (unpaired) electrons. The Bertz CT molecular complexity index is 1240. The zero-order valence-electron chi connectivity index (χ0n) is 18.9. The first-order valence-corrected chi connectivity index (χ1v) is 11.3. The molecule has 1 aliphatic heterocycles. The molecule has 0 saturated carbocycles. The molecule has 4 rings (SSSR count). The van der Waals surface area contributed by atoms with Crippen LogP contribution in [0.1, 0.15) is 37.0 Å². The molecule has 0 bridgehead atoms. The predicted octanol–water partition coefficient (Wildman–Crippen LogP) is 3.45. The fourth-order valence-corrected chi connectivity index (χ4v) is 4.24. The van der Waals surface area contributed by atoms with Gasteiger partial charge in [0.25, 0.3) is 5.56 Å².